The lowest BCUT2D eigenvalue weighted by Crippen LogP contribution is -1.96. The first kappa shape index (κ1) is 11.9. The van der Waals surface area contributed by atoms with Crippen LogP contribution in [0.4, 0.5) is 5.95 Å². The summed E-state index contributed by atoms with van der Waals surface area (Å²) < 4.78 is 0. The molecule has 0 bridgehead atoms. The highest BCUT2D eigenvalue weighted by Gasteiger charge is 2.04. The Hall–Kier alpha value is -1.61. The van der Waals surface area contributed by atoms with Crippen molar-refractivity contribution in [1.29, 1.82) is 0 Å². The molecule has 2 aromatic rings. The number of rotatable bonds is 2. The standard InChI is InChI=1S/C13H14ClN3/c1-8(2)9-3-5-10(6-4-9)11-7-12(14)17-13(15)16-11/h3-8H,1-2H3,(H2,15,16,17). The van der Waals surface area contributed by atoms with E-state index in [1.165, 1.54) is 5.56 Å². The van der Waals surface area contributed by atoms with Gasteiger partial charge in [-0.2, -0.15) is 0 Å². The highest BCUT2D eigenvalue weighted by Crippen LogP contribution is 2.23. The number of aromatic nitrogens is 2. The molecule has 0 radical (unpaired) electrons. The van der Waals surface area contributed by atoms with Crippen LogP contribution in [-0.4, -0.2) is 9.97 Å². The number of nitrogens with two attached hydrogens (primary N) is 1. The number of nitrogen functional groups attached to an aromatic ring is 1. The molecule has 1 heterocycles. The van der Waals surface area contributed by atoms with Crippen molar-refractivity contribution in [3.05, 3.63) is 41.0 Å². The number of hydrogen-bond acceptors (Lipinski definition) is 3. The third-order valence-corrected chi connectivity index (χ3v) is 2.78. The van der Waals surface area contributed by atoms with Gasteiger partial charge < -0.3 is 5.73 Å². The minimum Gasteiger partial charge on any atom is -0.368 e. The summed E-state index contributed by atoms with van der Waals surface area (Å²) in [6.07, 6.45) is 0. The van der Waals surface area contributed by atoms with Crippen LogP contribution >= 0.6 is 11.6 Å². The third kappa shape index (κ3) is 2.74. The van der Waals surface area contributed by atoms with Gasteiger partial charge in [-0.05, 0) is 11.5 Å². The van der Waals surface area contributed by atoms with Gasteiger partial charge in [0.25, 0.3) is 0 Å². The van der Waals surface area contributed by atoms with Crippen molar-refractivity contribution in [2.24, 2.45) is 0 Å². The normalized spacial score (nSPS) is 10.8. The Morgan fingerprint density at radius 3 is 2.29 bits per heavy atom. The molecular weight excluding hydrogens is 234 g/mol. The van der Waals surface area contributed by atoms with E-state index in [1.807, 2.05) is 12.1 Å². The number of nitrogens with zero attached hydrogens (tertiary/aromatic N) is 2. The molecule has 0 saturated heterocycles. The monoisotopic (exact) mass is 247 g/mol. The molecule has 0 fully saturated rings. The fourth-order valence-electron chi connectivity index (χ4n) is 1.62. The molecule has 1 aromatic heterocycles. The minimum absolute atomic E-state index is 0.195. The zero-order valence-corrected chi connectivity index (χ0v) is 10.6. The molecule has 0 aliphatic rings. The molecule has 0 aliphatic heterocycles. The average Bonchev–Trinajstić information content (AvgIpc) is 2.28. The number of hydrogen-bond donors (Lipinski definition) is 1. The molecule has 1 aromatic carbocycles. The van der Waals surface area contributed by atoms with Crippen LogP contribution in [0.1, 0.15) is 25.3 Å². The lowest BCUT2D eigenvalue weighted by Gasteiger charge is -2.07. The van der Waals surface area contributed by atoms with Crippen LogP contribution in [0, 0.1) is 0 Å². The van der Waals surface area contributed by atoms with E-state index in [0.29, 0.717) is 11.1 Å². The smallest absolute Gasteiger partial charge is 0.221 e. The molecule has 0 unspecified atom stereocenters. The number of anilines is 1. The second-order valence-corrected chi connectivity index (χ2v) is 4.60. The highest BCUT2D eigenvalue weighted by atomic mass is 35.5. The van der Waals surface area contributed by atoms with Crippen molar-refractivity contribution in [2.45, 2.75) is 19.8 Å². The first-order valence-electron chi connectivity index (χ1n) is 5.46. The Morgan fingerprint density at radius 1 is 1.12 bits per heavy atom. The Labute approximate surface area is 106 Å². The quantitative estimate of drug-likeness (QED) is 0.827. The Balaban J connectivity index is 2.39. The van der Waals surface area contributed by atoms with Crippen molar-refractivity contribution in [2.75, 3.05) is 5.73 Å². The predicted molar refractivity (Wildman–Crippen MR) is 71.0 cm³/mol. The second-order valence-electron chi connectivity index (χ2n) is 4.21. The van der Waals surface area contributed by atoms with Crippen molar-refractivity contribution >= 4 is 17.5 Å². The van der Waals surface area contributed by atoms with Crippen molar-refractivity contribution < 1.29 is 0 Å². The second kappa shape index (κ2) is 4.72. The van der Waals surface area contributed by atoms with Crippen LogP contribution in [0.2, 0.25) is 5.15 Å². The molecule has 0 atom stereocenters. The van der Waals surface area contributed by atoms with Gasteiger partial charge in [-0.15, -0.1) is 0 Å². The van der Waals surface area contributed by atoms with Crippen LogP contribution < -0.4 is 5.73 Å². The Bertz CT molecular complexity index is 500. The summed E-state index contributed by atoms with van der Waals surface area (Å²) in [6.45, 7) is 4.32. The van der Waals surface area contributed by atoms with Gasteiger partial charge in [0.1, 0.15) is 5.15 Å². The maximum atomic E-state index is 5.85. The summed E-state index contributed by atoms with van der Waals surface area (Å²) in [4.78, 5) is 8.00. The zero-order chi connectivity index (χ0) is 12.4. The molecule has 0 amide bonds. The lowest BCUT2D eigenvalue weighted by atomic mass is 10.0. The van der Waals surface area contributed by atoms with Gasteiger partial charge in [-0.3, -0.25) is 0 Å². The maximum Gasteiger partial charge on any atom is 0.221 e. The van der Waals surface area contributed by atoms with Crippen LogP contribution in [0.25, 0.3) is 11.3 Å². The van der Waals surface area contributed by atoms with Crippen molar-refractivity contribution in [3.63, 3.8) is 0 Å². The number of halogens is 1. The molecular formula is C13H14ClN3. The molecule has 0 saturated carbocycles. The summed E-state index contributed by atoms with van der Waals surface area (Å²) in [6, 6.07) is 9.93. The largest absolute Gasteiger partial charge is 0.368 e. The van der Waals surface area contributed by atoms with Gasteiger partial charge in [0.15, 0.2) is 0 Å². The number of benzene rings is 1. The first-order valence-corrected chi connectivity index (χ1v) is 5.84. The third-order valence-electron chi connectivity index (χ3n) is 2.59. The molecule has 4 heteroatoms. The fourth-order valence-corrected chi connectivity index (χ4v) is 1.81. The maximum absolute atomic E-state index is 5.85. The topological polar surface area (TPSA) is 51.8 Å². The lowest BCUT2D eigenvalue weighted by molar-refractivity contribution is 0.867. The molecule has 0 spiro atoms. The van der Waals surface area contributed by atoms with E-state index in [1.54, 1.807) is 6.07 Å². The zero-order valence-electron chi connectivity index (χ0n) is 9.81. The van der Waals surface area contributed by atoms with E-state index >= 15 is 0 Å². The molecule has 0 aliphatic carbocycles. The molecule has 2 N–H and O–H groups in total. The van der Waals surface area contributed by atoms with E-state index in [4.69, 9.17) is 17.3 Å². The van der Waals surface area contributed by atoms with Gasteiger partial charge in [-0.25, -0.2) is 9.97 Å². The molecule has 17 heavy (non-hydrogen) atoms. The van der Waals surface area contributed by atoms with Crippen LogP contribution in [-0.2, 0) is 0 Å². The SMILES string of the molecule is CC(C)c1ccc(-c2cc(Cl)nc(N)n2)cc1. The molecule has 2 rings (SSSR count). The summed E-state index contributed by atoms with van der Waals surface area (Å²) in [5.74, 6) is 0.712. The van der Waals surface area contributed by atoms with Crippen molar-refractivity contribution in [3.8, 4) is 11.3 Å². The summed E-state index contributed by atoms with van der Waals surface area (Å²) >= 11 is 5.85. The molecule has 88 valence electrons. The van der Waals surface area contributed by atoms with Gasteiger partial charge in [0.05, 0.1) is 5.69 Å². The summed E-state index contributed by atoms with van der Waals surface area (Å²) in [5.41, 5.74) is 8.60. The predicted octanol–water partition coefficient (Wildman–Crippen LogP) is 3.50. The van der Waals surface area contributed by atoms with Gasteiger partial charge in [-0.1, -0.05) is 49.7 Å². The minimum atomic E-state index is 0.195. The van der Waals surface area contributed by atoms with Gasteiger partial charge >= 0.3 is 0 Å². The van der Waals surface area contributed by atoms with Crippen LogP contribution in [0.15, 0.2) is 30.3 Å². The van der Waals surface area contributed by atoms with E-state index in [0.717, 1.165) is 11.3 Å². The van der Waals surface area contributed by atoms with E-state index in [2.05, 4.69) is 35.9 Å². The Morgan fingerprint density at radius 2 is 1.76 bits per heavy atom. The average molecular weight is 248 g/mol. The summed E-state index contributed by atoms with van der Waals surface area (Å²) in [7, 11) is 0. The van der Waals surface area contributed by atoms with Crippen LogP contribution in [0.3, 0.4) is 0 Å². The molecule has 3 nitrogen and oxygen atoms in total. The van der Waals surface area contributed by atoms with E-state index in [-0.39, 0.29) is 5.95 Å². The van der Waals surface area contributed by atoms with Crippen molar-refractivity contribution in [1.82, 2.24) is 9.97 Å². The van der Waals surface area contributed by atoms with E-state index in [9.17, 15) is 0 Å². The first-order chi connectivity index (χ1) is 8.06. The van der Waals surface area contributed by atoms with Gasteiger partial charge in [0, 0.05) is 11.6 Å². The fraction of sp³-hybridized carbons (Fsp3) is 0.231. The van der Waals surface area contributed by atoms with E-state index < -0.39 is 0 Å². The van der Waals surface area contributed by atoms with Gasteiger partial charge in [0.2, 0.25) is 5.95 Å². The summed E-state index contributed by atoms with van der Waals surface area (Å²) in [5, 5.41) is 0.362. The van der Waals surface area contributed by atoms with Crippen LogP contribution in [0.5, 0.6) is 0 Å². The Kier molecular flexibility index (Phi) is 3.29. The highest BCUT2D eigenvalue weighted by molar-refractivity contribution is 6.29.